The first-order valence-electron chi connectivity index (χ1n) is 4.83. The van der Waals surface area contributed by atoms with E-state index in [1.807, 2.05) is 0 Å². The molecule has 0 bridgehead atoms. The standard InChI is InChI=1S/C9H18N4O/c1-5(14)8(10)7-3-2-6(7)4-13-9(11)12/h6-8H,2-4,10H2,1H3,(H4,11,12,13). The fourth-order valence-corrected chi connectivity index (χ4v) is 1.82. The smallest absolute Gasteiger partial charge is 0.185 e. The van der Waals surface area contributed by atoms with E-state index in [4.69, 9.17) is 17.2 Å². The third-order valence-electron chi connectivity index (χ3n) is 2.92. The van der Waals surface area contributed by atoms with E-state index in [1.165, 1.54) is 6.92 Å². The molecule has 80 valence electrons. The highest BCUT2D eigenvalue weighted by Crippen LogP contribution is 2.36. The molecule has 1 aliphatic rings. The Morgan fingerprint density at radius 3 is 2.50 bits per heavy atom. The van der Waals surface area contributed by atoms with Crippen LogP contribution in [-0.4, -0.2) is 24.3 Å². The van der Waals surface area contributed by atoms with Gasteiger partial charge in [-0.15, -0.1) is 0 Å². The van der Waals surface area contributed by atoms with Crippen molar-refractivity contribution >= 4 is 11.7 Å². The van der Waals surface area contributed by atoms with Gasteiger partial charge in [-0.2, -0.15) is 0 Å². The number of hydrogen-bond donors (Lipinski definition) is 3. The Balaban J connectivity index is 2.42. The molecule has 0 aromatic heterocycles. The van der Waals surface area contributed by atoms with Crippen molar-refractivity contribution in [3.8, 4) is 0 Å². The molecule has 0 aliphatic heterocycles. The Bertz CT molecular complexity index is 247. The first kappa shape index (κ1) is 11.0. The Kier molecular flexibility index (Phi) is 3.46. The molecule has 0 saturated heterocycles. The zero-order valence-corrected chi connectivity index (χ0v) is 8.44. The van der Waals surface area contributed by atoms with Crippen LogP contribution in [0.4, 0.5) is 0 Å². The third-order valence-corrected chi connectivity index (χ3v) is 2.92. The molecular weight excluding hydrogens is 180 g/mol. The van der Waals surface area contributed by atoms with Gasteiger partial charge < -0.3 is 17.2 Å². The maximum Gasteiger partial charge on any atom is 0.185 e. The number of Topliss-reactive ketones (excluding diaryl/α,β-unsaturated/α-hetero) is 1. The summed E-state index contributed by atoms with van der Waals surface area (Å²) in [6, 6.07) is -0.344. The molecule has 1 fully saturated rings. The van der Waals surface area contributed by atoms with Gasteiger partial charge in [0.2, 0.25) is 0 Å². The van der Waals surface area contributed by atoms with Gasteiger partial charge in [-0.3, -0.25) is 9.79 Å². The molecule has 0 amide bonds. The molecule has 3 atom stereocenters. The second-order valence-corrected chi connectivity index (χ2v) is 3.90. The van der Waals surface area contributed by atoms with Crippen molar-refractivity contribution in [1.82, 2.24) is 0 Å². The lowest BCUT2D eigenvalue weighted by Gasteiger charge is -2.38. The number of nitrogens with two attached hydrogens (primary N) is 3. The predicted octanol–water partition coefficient (Wildman–Crippen LogP) is -0.798. The molecule has 0 heterocycles. The molecular formula is C9H18N4O. The van der Waals surface area contributed by atoms with Gasteiger partial charge in [-0.05, 0) is 31.6 Å². The number of carbonyl (C=O) groups is 1. The molecule has 1 saturated carbocycles. The summed E-state index contributed by atoms with van der Waals surface area (Å²) in [5, 5.41) is 0. The molecule has 6 N–H and O–H groups in total. The van der Waals surface area contributed by atoms with Crippen molar-refractivity contribution in [2.75, 3.05) is 6.54 Å². The average molecular weight is 198 g/mol. The van der Waals surface area contributed by atoms with Crippen molar-refractivity contribution in [3.63, 3.8) is 0 Å². The fraction of sp³-hybridized carbons (Fsp3) is 0.778. The summed E-state index contributed by atoms with van der Waals surface area (Å²) in [6.45, 7) is 2.12. The predicted molar refractivity (Wildman–Crippen MR) is 55.5 cm³/mol. The van der Waals surface area contributed by atoms with Gasteiger partial charge in [0.1, 0.15) is 5.78 Å². The first-order valence-corrected chi connectivity index (χ1v) is 4.83. The third kappa shape index (κ3) is 2.45. The Morgan fingerprint density at radius 1 is 1.50 bits per heavy atom. The molecule has 0 aromatic carbocycles. The highest BCUT2D eigenvalue weighted by molar-refractivity contribution is 5.81. The minimum Gasteiger partial charge on any atom is -0.370 e. The summed E-state index contributed by atoms with van der Waals surface area (Å²) in [7, 11) is 0. The van der Waals surface area contributed by atoms with Gasteiger partial charge in [-0.1, -0.05) is 0 Å². The van der Waals surface area contributed by atoms with E-state index in [1.54, 1.807) is 0 Å². The quantitative estimate of drug-likeness (QED) is 0.406. The molecule has 14 heavy (non-hydrogen) atoms. The van der Waals surface area contributed by atoms with Crippen LogP contribution < -0.4 is 17.2 Å². The van der Waals surface area contributed by atoms with Crippen LogP contribution in [0.25, 0.3) is 0 Å². The number of hydrogen-bond acceptors (Lipinski definition) is 3. The summed E-state index contributed by atoms with van der Waals surface area (Å²) >= 11 is 0. The number of ketones is 1. The molecule has 1 aliphatic carbocycles. The van der Waals surface area contributed by atoms with Crippen LogP contribution in [0.1, 0.15) is 19.8 Å². The number of rotatable bonds is 4. The van der Waals surface area contributed by atoms with Gasteiger partial charge in [0.05, 0.1) is 6.04 Å². The summed E-state index contributed by atoms with van der Waals surface area (Å²) in [5.74, 6) is 0.781. The lowest BCUT2D eigenvalue weighted by atomic mass is 9.69. The van der Waals surface area contributed by atoms with Crippen LogP contribution in [0.15, 0.2) is 4.99 Å². The van der Waals surface area contributed by atoms with Gasteiger partial charge in [0.15, 0.2) is 5.96 Å². The molecule has 3 unspecified atom stereocenters. The van der Waals surface area contributed by atoms with E-state index in [-0.39, 0.29) is 23.7 Å². The number of aliphatic imine (C=N–C) groups is 1. The van der Waals surface area contributed by atoms with Gasteiger partial charge in [0.25, 0.3) is 0 Å². The van der Waals surface area contributed by atoms with Crippen LogP contribution in [0, 0.1) is 11.8 Å². The van der Waals surface area contributed by atoms with E-state index in [0.717, 1.165) is 12.8 Å². The zero-order valence-electron chi connectivity index (χ0n) is 8.44. The Labute approximate surface area is 83.7 Å². The highest BCUT2D eigenvalue weighted by atomic mass is 16.1. The SMILES string of the molecule is CC(=O)C(N)C1CCC1CN=C(N)N. The molecule has 0 radical (unpaired) electrons. The second-order valence-electron chi connectivity index (χ2n) is 3.90. The molecule has 0 aromatic rings. The normalized spacial score (nSPS) is 27.6. The van der Waals surface area contributed by atoms with E-state index in [2.05, 4.69) is 4.99 Å². The summed E-state index contributed by atoms with van der Waals surface area (Å²) in [4.78, 5) is 15.0. The van der Waals surface area contributed by atoms with E-state index in [9.17, 15) is 4.79 Å². The maximum absolute atomic E-state index is 11.1. The van der Waals surface area contributed by atoms with Gasteiger partial charge in [-0.25, -0.2) is 0 Å². The van der Waals surface area contributed by atoms with Crippen molar-refractivity contribution < 1.29 is 4.79 Å². The molecule has 1 rings (SSSR count). The van der Waals surface area contributed by atoms with Crippen molar-refractivity contribution in [1.29, 1.82) is 0 Å². The van der Waals surface area contributed by atoms with Crippen LogP contribution in [0.2, 0.25) is 0 Å². The minimum atomic E-state index is -0.344. The second kappa shape index (κ2) is 4.41. The fourth-order valence-electron chi connectivity index (χ4n) is 1.82. The number of guanidine groups is 1. The van der Waals surface area contributed by atoms with Gasteiger partial charge in [0, 0.05) is 6.54 Å². The van der Waals surface area contributed by atoms with Crippen LogP contribution in [0.3, 0.4) is 0 Å². The Morgan fingerprint density at radius 2 is 2.14 bits per heavy atom. The van der Waals surface area contributed by atoms with E-state index in [0.29, 0.717) is 12.5 Å². The summed E-state index contributed by atoms with van der Waals surface area (Å²) < 4.78 is 0. The topological polar surface area (TPSA) is 107 Å². The lowest BCUT2D eigenvalue weighted by molar-refractivity contribution is -0.120. The molecule has 0 spiro atoms. The lowest BCUT2D eigenvalue weighted by Crippen LogP contribution is -2.46. The average Bonchev–Trinajstić information content (AvgIpc) is 2.01. The van der Waals surface area contributed by atoms with E-state index >= 15 is 0 Å². The minimum absolute atomic E-state index is 0.0457. The number of nitrogens with zero attached hydrogens (tertiary/aromatic N) is 1. The first-order chi connectivity index (χ1) is 6.52. The van der Waals surface area contributed by atoms with Gasteiger partial charge >= 0.3 is 0 Å². The maximum atomic E-state index is 11.1. The summed E-state index contributed by atoms with van der Waals surface area (Å²) in [6.07, 6.45) is 2.06. The van der Waals surface area contributed by atoms with Crippen molar-refractivity contribution in [3.05, 3.63) is 0 Å². The van der Waals surface area contributed by atoms with Crippen molar-refractivity contribution in [2.45, 2.75) is 25.8 Å². The highest BCUT2D eigenvalue weighted by Gasteiger charge is 2.36. The monoisotopic (exact) mass is 198 g/mol. The zero-order chi connectivity index (χ0) is 10.7. The van der Waals surface area contributed by atoms with Crippen molar-refractivity contribution in [2.24, 2.45) is 34.0 Å². The van der Waals surface area contributed by atoms with Crippen LogP contribution >= 0.6 is 0 Å². The van der Waals surface area contributed by atoms with Crippen LogP contribution in [-0.2, 0) is 4.79 Å². The van der Waals surface area contributed by atoms with E-state index < -0.39 is 0 Å². The number of carbonyl (C=O) groups excluding carboxylic acids is 1. The molecule has 5 heteroatoms. The van der Waals surface area contributed by atoms with Crippen LogP contribution in [0.5, 0.6) is 0 Å². The summed E-state index contributed by atoms with van der Waals surface area (Å²) in [5.41, 5.74) is 16.2. The molecule has 5 nitrogen and oxygen atoms in total. The Hall–Kier alpha value is -1.10. The largest absolute Gasteiger partial charge is 0.370 e.